The Balaban J connectivity index is 1.36. The van der Waals surface area contributed by atoms with E-state index >= 15 is 0 Å². The molecule has 0 radical (unpaired) electrons. The number of ether oxygens (including phenoxy) is 1. The first-order chi connectivity index (χ1) is 16.1. The van der Waals surface area contributed by atoms with Gasteiger partial charge in [-0.05, 0) is 36.6 Å². The van der Waals surface area contributed by atoms with Gasteiger partial charge in [0.15, 0.2) is 0 Å². The van der Waals surface area contributed by atoms with Crippen LogP contribution in [0.1, 0.15) is 29.8 Å². The minimum atomic E-state index is -0.188. The molecule has 2 aromatic carbocycles. The Kier molecular flexibility index (Phi) is 7.86. The van der Waals surface area contributed by atoms with Gasteiger partial charge >= 0.3 is 5.97 Å². The number of fused-ring (bicyclic) bond motifs is 1. The lowest BCUT2D eigenvalue weighted by Crippen LogP contribution is -2.45. The molecule has 1 saturated heterocycles. The van der Waals surface area contributed by atoms with Crippen molar-refractivity contribution in [3.05, 3.63) is 65.5 Å². The second kappa shape index (κ2) is 11.2. The Morgan fingerprint density at radius 3 is 2.42 bits per heavy atom. The Labute approximate surface area is 195 Å². The fourth-order valence-corrected chi connectivity index (χ4v) is 4.21. The summed E-state index contributed by atoms with van der Waals surface area (Å²) in [6.07, 6.45) is 1.09. The van der Waals surface area contributed by atoms with Crippen molar-refractivity contribution >= 4 is 22.7 Å². The van der Waals surface area contributed by atoms with Crippen molar-refractivity contribution in [1.82, 2.24) is 19.8 Å². The zero-order valence-corrected chi connectivity index (χ0v) is 19.6. The molecule has 0 unspecified atom stereocenters. The number of methoxy groups -OCH3 is 1. The molecule has 7 heteroatoms. The lowest BCUT2D eigenvalue weighted by Gasteiger charge is -2.34. The number of hydrogen-bond donors (Lipinski definition) is 1. The van der Waals surface area contributed by atoms with Crippen LogP contribution in [-0.4, -0.2) is 65.6 Å². The molecule has 1 aromatic heterocycles. The van der Waals surface area contributed by atoms with Crippen LogP contribution in [0.4, 0.5) is 5.82 Å². The largest absolute Gasteiger partial charge is 0.469 e. The molecule has 0 aliphatic carbocycles. The highest BCUT2D eigenvalue weighted by atomic mass is 16.5. The van der Waals surface area contributed by atoms with Gasteiger partial charge in [-0.3, -0.25) is 14.6 Å². The summed E-state index contributed by atoms with van der Waals surface area (Å²) in [6.45, 7) is 8.68. The summed E-state index contributed by atoms with van der Waals surface area (Å²) in [5.41, 5.74) is 3.71. The molecule has 0 spiro atoms. The smallest absolute Gasteiger partial charge is 0.305 e. The van der Waals surface area contributed by atoms with E-state index in [1.807, 2.05) is 24.3 Å². The number of rotatable bonds is 9. The molecule has 4 rings (SSSR count). The fourth-order valence-electron chi connectivity index (χ4n) is 4.21. The van der Waals surface area contributed by atoms with Crippen LogP contribution in [0.25, 0.3) is 10.9 Å². The topological polar surface area (TPSA) is 70.6 Å². The van der Waals surface area contributed by atoms with E-state index in [1.165, 1.54) is 18.2 Å². The first-order valence-electron chi connectivity index (χ1n) is 11.7. The van der Waals surface area contributed by atoms with Crippen LogP contribution < -0.4 is 5.32 Å². The number of carbonyl (C=O) groups excluding carboxylic acids is 1. The van der Waals surface area contributed by atoms with Gasteiger partial charge in [-0.15, -0.1) is 0 Å². The van der Waals surface area contributed by atoms with Gasteiger partial charge in [-0.25, -0.2) is 9.97 Å². The molecule has 1 fully saturated rings. The number of aromatic nitrogens is 2. The predicted molar refractivity (Wildman–Crippen MR) is 131 cm³/mol. The number of carbonyl (C=O) groups is 1. The maximum atomic E-state index is 11.4. The fraction of sp³-hybridized carbons (Fsp3) is 0.423. The van der Waals surface area contributed by atoms with Gasteiger partial charge in [0.1, 0.15) is 11.6 Å². The Bertz CT molecular complexity index is 1080. The number of para-hydroxylation sites is 1. The molecule has 33 heavy (non-hydrogen) atoms. The quantitative estimate of drug-likeness (QED) is 0.397. The highest BCUT2D eigenvalue weighted by molar-refractivity contribution is 5.89. The summed E-state index contributed by atoms with van der Waals surface area (Å²) in [7, 11) is 1.42. The van der Waals surface area contributed by atoms with Crippen LogP contribution in [0.2, 0.25) is 0 Å². The second-order valence-electron chi connectivity index (χ2n) is 8.59. The number of nitrogens with one attached hydrogen (secondary N) is 1. The molecule has 1 aliphatic heterocycles. The zero-order chi connectivity index (χ0) is 23.0. The SMILES string of the molecule is COC(=O)CCCNc1nc(CN2CCN(Cc3ccccc3C)CC2)nc2ccccc12. The third-order valence-corrected chi connectivity index (χ3v) is 6.21. The lowest BCUT2D eigenvalue weighted by molar-refractivity contribution is -0.140. The lowest BCUT2D eigenvalue weighted by atomic mass is 10.1. The average molecular weight is 448 g/mol. The molecular formula is C26H33N5O2. The van der Waals surface area contributed by atoms with Crippen LogP contribution in [0.15, 0.2) is 48.5 Å². The van der Waals surface area contributed by atoms with E-state index in [4.69, 9.17) is 14.7 Å². The van der Waals surface area contributed by atoms with E-state index in [0.717, 1.165) is 61.8 Å². The van der Waals surface area contributed by atoms with Crippen molar-refractivity contribution in [3.63, 3.8) is 0 Å². The summed E-state index contributed by atoms with van der Waals surface area (Å²) >= 11 is 0. The molecule has 0 bridgehead atoms. The summed E-state index contributed by atoms with van der Waals surface area (Å²) < 4.78 is 4.72. The van der Waals surface area contributed by atoms with E-state index in [-0.39, 0.29) is 5.97 Å². The first kappa shape index (κ1) is 23.1. The van der Waals surface area contributed by atoms with Crippen molar-refractivity contribution in [2.24, 2.45) is 0 Å². The summed E-state index contributed by atoms with van der Waals surface area (Å²) in [5.74, 6) is 1.47. The molecule has 2 heterocycles. The predicted octanol–water partition coefficient (Wildman–Crippen LogP) is 3.62. The van der Waals surface area contributed by atoms with Crippen molar-refractivity contribution in [2.75, 3.05) is 45.2 Å². The zero-order valence-electron chi connectivity index (χ0n) is 19.6. The molecule has 3 aromatic rings. The molecule has 0 saturated carbocycles. The van der Waals surface area contributed by atoms with Gasteiger partial charge in [0.25, 0.3) is 0 Å². The summed E-state index contributed by atoms with van der Waals surface area (Å²) in [6, 6.07) is 16.7. The van der Waals surface area contributed by atoms with Gasteiger partial charge < -0.3 is 10.1 Å². The molecule has 174 valence electrons. The first-order valence-corrected chi connectivity index (χ1v) is 11.7. The molecule has 1 N–H and O–H groups in total. The molecular weight excluding hydrogens is 414 g/mol. The summed E-state index contributed by atoms with van der Waals surface area (Å²) in [4.78, 5) is 26.0. The van der Waals surface area contributed by atoms with Crippen LogP contribution in [0.3, 0.4) is 0 Å². The molecule has 7 nitrogen and oxygen atoms in total. The van der Waals surface area contributed by atoms with Crippen LogP contribution in [-0.2, 0) is 22.6 Å². The average Bonchev–Trinajstić information content (AvgIpc) is 2.84. The molecule has 0 amide bonds. The van der Waals surface area contributed by atoms with E-state index in [1.54, 1.807) is 0 Å². The van der Waals surface area contributed by atoms with Gasteiger partial charge in [0.2, 0.25) is 0 Å². The van der Waals surface area contributed by atoms with Crippen LogP contribution in [0, 0.1) is 6.92 Å². The third kappa shape index (κ3) is 6.27. The van der Waals surface area contributed by atoms with Crippen molar-refractivity contribution < 1.29 is 9.53 Å². The maximum Gasteiger partial charge on any atom is 0.305 e. The normalized spacial score (nSPS) is 15.0. The van der Waals surface area contributed by atoms with Crippen molar-refractivity contribution in [1.29, 1.82) is 0 Å². The minimum absolute atomic E-state index is 0.188. The van der Waals surface area contributed by atoms with Gasteiger partial charge in [-0.2, -0.15) is 0 Å². The highest BCUT2D eigenvalue weighted by Crippen LogP contribution is 2.21. The van der Waals surface area contributed by atoms with Gasteiger partial charge in [-0.1, -0.05) is 36.4 Å². The Morgan fingerprint density at radius 2 is 1.67 bits per heavy atom. The number of benzene rings is 2. The molecule has 0 atom stereocenters. The Morgan fingerprint density at radius 1 is 0.970 bits per heavy atom. The van der Waals surface area contributed by atoms with Crippen molar-refractivity contribution in [2.45, 2.75) is 32.9 Å². The van der Waals surface area contributed by atoms with E-state index in [9.17, 15) is 4.79 Å². The second-order valence-corrected chi connectivity index (χ2v) is 8.59. The van der Waals surface area contributed by atoms with Crippen molar-refractivity contribution in [3.8, 4) is 0 Å². The molecule has 1 aliphatic rings. The monoisotopic (exact) mass is 447 g/mol. The number of aryl methyl sites for hydroxylation is 1. The maximum absolute atomic E-state index is 11.4. The number of anilines is 1. The Hall–Kier alpha value is -3.03. The number of piperazine rings is 1. The standard InChI is InChI=1S/C26H33N5O2/c1-20-8-3-4-9-21(20)18-30-14-16-31(17-15-30)19-24-28-23-11-6-5-10-22(23)26(29-24)27-13-7-12-25(32)33-2/h3-6,8-11H,7,12-19H2,1-2H3,(H,27,28,29). The minimum Gasteiger partial charge on any atom is -0.469 e. The van der Waals surface area contributed by atoms with E-state index in [2.05, 4.69) is 46.3 Å². The summed E-state index contributed by atoms with van der Waals surface area (Å²) in [5, 5.41) is 4.40. The van der Waals surface area contributed by atoms with E-state index in [0.29, 0.717) is 19.4 Å². The van der Waals surface area contributed by atoms with Crippen LogP contribution in [0.5, 0.6) is 0 Å². The van der Waals surface area contributed by atoms with E-state index < -0.39 is 0 Å². The van der Waals surface area contributed by atoms with Crippen LogP contribution >= 0.6 is 0 Å². The number of nitrogens with zero attached hydrogens (tertiary/aromatic N) is 4. The van der Waals surface area contributed by atoms with Gasteiger partial charge in [0, 0.05) is 51.1 Å². The number of esters is 1. The third-order valence-electron chi connectivity index (χ3n) is 6.21. The number of hydrogen-bond acceptors (Lipinski definition) is 7. The van der Waals surface area contributed by atoms with Gasteiger partial charge in [0.05, 0.1) is 19.2 Å². The highest BCUT2D eigenvalue weighted by Gasteiger charge is 2.19.